The van der Waals surface area contributed by atoms with Gasteiger partial charge in [0.1, 0.15) is 5.82 Å². The van der Waals surface area contributed by atoms with E-state index in [1.54, 1.807) is 6.07 Å². The average molecular weight is 289 g/mol. The maximum absolute atomic E-state index is 11.4. The summed E-state index contributed by atoms with van der Waals surface area (Å²) in [5.74, 6) is 0.266. The molecule has 1 amide bonds. The van der Waals surface area contributed by atoms with Crippen molar-refractivity contribution in [1.82, 2.24) is 4.98 Å². The van der Waals surface area contributed by atoms with Crippen LogP contribution in [0, 0.1) is 0 Å². The van der Waals surface area contributed by atoms with Crippen LogP contribution in [0.1, 0.15) is 0 Å². The minimum Gasteiger partial charge on any atom is -0.384 e. The number of anilines is 2. The van der Waals surface area contributed by atoms with Crippen molar-refractivity contribution in [3.63, 3.8) is 0 Å². The highest BCUT2D eigenvalue weighted by molar-refractivity contribution is 5.99. The Hall–Kier alpha value is -3.14. The minimum absolute atomic E-state index is 0.231. The second-order valence-electron chi connectivity index (χ2n) is 4.92. The van der Waals surface area contributed by atoms with Crippen LogP contribution in [0.5, 0.6) is 0 Å². The molecule has 2 aromatic carbocycles. The van der Waals surface area contributed by atoms with Crippen molar-refractivity contribution in [3.05, 3.63) is 67.3 Å². The monoisotopic (exact) mass is 289 g/mol. The first-order valence-corrected chi connectivity index (χ1v) is 6.86. The van der Waals surface area contributed by atoms with E-state index in [1.165, 1.54) is 6.08 Å². The molecule has 0 fully saturated rings. The molecule has 0 aliphatic carbocycles. The molecule has 0 bridgehead atoms. The van der Waals surface area contributed by atoms with Gasteiger partial charge in [-0.25, -0.2) is 4.98 Å². The third kappa shape index (κ3) is 2.81. The molecule has 0 unspecified atom stereocenters. The topological polar surface area (TPSA) is 68.0 Å². The normalized spacial score (nSPS) is 10.4. The number of hydrogen-bond acceptors (Lipinski definition) is 3. The van der Waals surface area contributed by atoms with Crippen molar-refractivity contribution in [2.75, 3.05) is 11.1 Å². The van der Waals surface area contributed by atoms with Crippen LogP contribution in [0.25, 0.3) is 22.0 Å². The molecule has 0 saturated carbocycles. The Kier molecular flexibility index (Phi) is 3.58. The van der Waals surface area contributed by atoms with E-state index in [4.69, 9.17) is 5.73 Å². The van der Waals surface area contributed by atoms with Crippen LogP contribution < -0.4 is 11.1 Å². The van der Waals surface area contributed by atoms with Gasteiger partial charge in [0, 0.05) is 11.1 Å². The van der Waals surface area contributed by atoms with E-state index < -0.39 is 0 Å². The number of benzene rings is 2. The lowest BCUT2D eigenvalue weighted by Crippen LogP contribution is -2.06. The summed E-state index contributed by atoms with van der Waals surface area (Å²) in [6.07, 6.45) is 1.25. The molecular formula is C18H15N3O. The molecule has 0 aliphatic heterocycles. The van der Waals surface area contributed by atoms with Crippen LogP contribution in [-0.2, 0) is 4.79 Å². The smallest absolute Gasteiger partial charge is 0.247 e. The molecule has 22 heavy (non-hydrogen) atoms. The lowest BCUT2D eigenvalue weighted by Gasteiger charge is -2.07. The van der Waals surface area contributed by atoms with Crippen molar-refractivity contribution in [2.45, 2.75) is 0 Å². The highest BCUT2D eigenvalue weighted by Gasteiger charge is 2.03. The van der Waals surface area contributed by atoms with Gasteiger partial charge in [-0.1, -0.05) is 30.8 Å². The number of nitrogens with two attached hydrogens (primary N) is 1. The highest BCUT2D eigenvalue weighted by Crippen LogP contribution is 2.26. The molecule has 3 N–H and O–H groups in total. The van der Waals surface area contributed by atoms with Crippen LogP contribution in [0.15, 0.2) is 67.3 Å². The predicted octanol–water partition coefficient (Wildman–Crippen LogP) is 3.61. The molecule has 108 valence electrons. The molecule has 3 rings (SSSR count). The maximum atomic E-state index is 11.4. The Labute approximate surface area is 128 Å². The number of nitrogens with zero attached hydrogens (tertiary/aromatic N) is 1. The van der Waals surface area contributed by atoms with Gasteiger partial charge in [-0.15, -0.1) is 0 Å². The number of hydrogen-bond donors (Lipinski definition) is 2. The number of pyridine rings is 1. The number of nitrogens with one attached hydrogen (secondary N) is 1. The Morgan fingerprint density at radius 1 is 1.09 bits per heavy atom. The van der Waals surface area contributed by atoms with Gasteiger partial charge < -0.3 is 11.1 Å². The third-order valence-corrected chi connectivity index (χ3v) is 3.36. The summed E-state index contributed by atoms with van der Waals surface area (Å²) in [6, 6.07) is 17.4. The lowest BCUT2D eigenvalue weighted by atomic mass is 10.0. The number of carbonyl (C=O) groups excluding carboxylic acids is 1. The SMILES string of the molecule is C=CC(=O)Nc1cccc(-c2ccc3ccc(N)nc3c2)c1. The molecule has 0 aliphatic rings. The van der Waals surface area contributed by atoms with Crippen molar-refractivity contribution in [1.29, 1.82) is 0 Å². The first kappa shape index (κ1) is 13.8. The average Bonchev–Trinajstić information content (AvgIpc) is 2.54. The minimum atomic E-state index is -0.231. The van der Waals surface area contributed by atoms with Gasteiger partial charge in [-0.3, -0.25) is 4.79 Å². The number of aromatic nitrogens is 1. The summed E-state index contributed by atoms with van der Waals surface area (Å²) in [4.78, 5) is 15.7. The van der Waals surface area contributed by atoms with Gasteiger partial charge in [-0.05, 0) is 47.5 Å². The fourth-order valence-corrected chi connectivity index (χ4v) is 2.28. The number of amides is 1. The molecule has 4 nitrogen and oxygen atoms in total. The van der Waals surface area contributed by atoms with E-state index in [2.05, 4.69) is 16.9 Å². The Morgan fingerprint density at radius 2 is 1.86 bits per heavy atom. The van der Waals surface area contributed by atoms with Gasteiger partial charge in [0.25, 0.3) is 0 Å². The van der Waals surface area contributed by atoms with Gasteiger partial charge in [-0.2, -0.15) is 0 Å². The van der Waals surface area contributed by atoms with Crippen LogP contribution in [-0.4, -0.2) is 10.9 Å². The Bertz CT molecular complexity index is 871. The number of carbonyl (C=O) groups is 1. The fraction of sp³-hybridized carbons (Fsp3) is 0. The van der Waals surface area contributed by atoms with E-state index in [1.807, 2.05) is 48.5 Å². The molecule has 4 heteroatoms. The number of rotatable bonds is 3. The first-order chi connectivity index (χ1) is 10.7. The molecular weight excluding hydrogens is 274 g/mol. The van der Waals surface area contributed by atoms with Crippen LogP contribution in [0.4, 0.5) is 11.5 Å². The fourth-order valence-electron chi connectivity index (χ4n) is 2.28. The predicted molar refractivity (Wildman–Crippen MR) is 90.4 cm³/mol. The van der Waals surface area contributed by atoms with Crippen molar-refractivity contribution in [2.24, 2.45) is 0 Å². The summed E-state index contributed by atoms with van der Waals surface area (Å²) < 4.78 is 0. The van der Waals surface area contributed by atoms with E-state index in [0.717, 1.165) is 27.7 Å². The Balaban J connectivity index is 2.01. The third-order valence-electron chi connectivity index (χ3n) is 3.36. The largest absolute Gasteiger partial charge is 0.384 e. The Morgan fingerprint density at radius 3 is 2.68 bits per heavy atom. The van der Waals surface area contributed by atoms with Crippen molar-refractivity contribution >= 4 is 28.3 Å². The molecule has 0 radical (unpaired) electrons. The second kappa shape index (κ2) is 5.69. The van der Waals surface area contributed by atoms with Gasteiger partial charge in [0.15, 0.2) is 0 Å². The first-order valence-electron chi connectivity index (χ1n) is 6.86. The van der Waals surface area contributed by atoms with Crippen LogP contribution in [0.3, 0.4) is 0 Å². The summed E-state index contributed by atoms with van der Waals surface area (Å²) in [5.41, 5.74) is 9.32. The number of nitrogen functional groups attached to an aromatic ring is 1. The molecule has 1 heterocycles. The van der Waals surface area contributed by atoms with E-state index in [9.17, 15) is 4.79 Å². The zero-order chi connectivity index (χ0) is 15.5. The van der Waals surface area contributed by atoms with Crippen LogP contribution in [0.2, 0.25) is 0 Å². The zero-order valence-electron chi connectivity index (χ0n) is 11.9. The van der Waals surface area contributed by atoms with E-state index in [0.29, 0.717) is 5.82 Å². The second-order valence-corrected chi connectivity index (χ2v) is 4.92. The van der Waals surface area contributed by atoms with Crippen molar-refractivity contribution in [3.8, 4) is 11.1 Å². The molecule has 0 saturated heterocycles. The van der Waals surface area contributed by atoms with Crippen molar-refractivity contribution < 1.29 is 4.79 Å². The zero-order valence-corrected chi connectivity index (χ0v) is 11.9. The van der Waals surface area contributed by atoms with E-state index >= 15 is 0 Å². The quantitative estimate of drug-likeness (QED) is 0.724. The lowest BCUT2D eigenvalue weighted by molar-refractivity contribution is -0.111. The molecule has 3 aromatic rings. The van der Waals surface area contributed by atoms with Crippen LogP contribution >= 0.6 is 0 Å². The highest BCUT2D eigenvalue weighted by atomic mass is 16.1. The van der Waals surface area contributed by atoms with Gasteiger partial charge in [0.05, 0.1) is 5.52 Å². The maximum Gasteiger partial charge on any atom is 0.247 e. The molecule has 0 spiro atoms. The summed E-state index contributed by atoms with van der Waals surface area (Å²) >= 11 is 0. The number of fused-ring (bicyclic) bond motifs is 1. The van der Waals surface area contributed by atoms with E-state index in [-0.39, 0.29) is 5.91 Å². The summed E-state index contributed by atoms with van der Waals surface area (Å²) in [7, 11) is 0. The standard InChI is InChI=1S/C18H15N3O/c1-2-18(22)20-15-5-3-4-13(10-15)14-7-6-12-8-9-17(19)21-16(12)11-14/h2-11H,1H2,(H2,19,21)(H,20,22). The van der Waals surface area contributed by atoms with Gasteiger partial charge in [0.2, 0.25) is 5.91 Å². The molecule has 0 atom stereocenters. The summed E-state index contributed by atoms with van der Waals surface area (Å²) in [5, 5.41) is 3.79. The molecule has 1 aromatic heterocycles. The summed E-state index contributed by atoms with van der Waals surface area (Å²) in [6.45, 7) is 3.45. The van der Waals surface area contributed by atoms with Gasteiger partial charge >= 0.3 is 0 Å².